The lowest BCUT2D eigenvalue weighted by Gasteiger charge is -2.27. The van der Waals surface area contributed by atoms with Crippen molar-refractivity contribution in [3.63, 3.8) is 0 Å². The molecule has 6 heteroatoms. The van der Waals surface area contributed by atoms with Crippen molar-refractivity contribution in [1.29, 1.82) is 0 Å². The van der Waals surface area contributed by atoms with E-state index in [2.05, 4.69) is 5.32 Å². The maximum absolute atomic E-state index is 13.9. The third kappa shape index (κ3) is 5.34. The van der Waals surface area contributed by atoms with Gasteiger partial charge in [0.15, 0.2) is 0 Å². The number of carbonyl (C=O) groups excluding carboxylic acids is 1. The number of para-hydroxylation sites is 1. The fourth-order valence-corrected chi connectivity index (χ4v) is 5.80. The molecule has 0 aliphatic heterocycles. The zero-order valence-corrected chi connectivity index (χ0v) is 21.8. The van der Waals surface area contributed by atoms with Gasteiger partial charge < -0.3 is 5.32 Å². The van der Waals surface area contributed by atoms with E-state index in [0.29, 0.717) is 5.69 Å². The topological polar surface area (TPSA) is 66.5 Å². The van der Waals surface area contributed by atoms with Crippen molar-refractivity contribution < 1.29 is 13.2 Å². The molecule has 0 bridgehead atoms. The first-order chi connectivity index (χ1) is 17.2. The Hall–Kier alpha value is -3.90. The Bertz CT molecular complexity index is 1470. The molecule has 0 unspecified atom stereocenters. The van der Waals surface area contributed by atoms with Gasteiger partial charge in [-0.3, -0.25) is 9.10 Å². The Kier molecular flexibility index (Phi) is 7.27. The standard InChI is InChI=1S/C30H30N2O3S/c1-21-14-16-26(17-15-21)36(34,35)32(20-25-10-6-5-7-11-25)28-13-9-8-12-27(28)30(33)31-29-23(3)18-22(2)19-24(29)4/h5-19H,20H2,1-4H3,(H,31,33). The Morgan fingerprint density at radius 2 is 1.33 bits per heavy atom. The molecule has 5 nitrogen and oxygen atoms in total. The Morgan fingerprint density at radius 3 is 1.97 bits per heavy atom. The summed E-state index contributed by atoms with van der Waals surface area (Å²) < 4.78 is 29.2. The molecular formula is C30H30N2O3S. The highest BCUT2D eigenvalue weighted by Crippen LogP contribution is 2.31. The van der Waals surface area contributed by atoms with Gasteiger partial charge in [-0.05, 0) is 68.7 Å². The number of hydrogen-bond acceptors (Lipinski definition) is 3. The maximum Gasteiger partial charge on any atom is 0.264 e. The van der Waals surface area contributed by atoms with Gasteiger partial charge >= 0.3 is 0 Å². The van der Waals surface area contributed by atoms with E-state index in [9.17, 15) is 13.2 Å². The Morgan fingerprint density at radius 1 is 0.750 bits per heavy atom. The van der Waals surface area contributed by atoms with Gasteiger partial charge in [0.05, 0.1) is 22.7 Å². The highest BCUT2D eigenvalue weighted by molar-refractivity contribution is 7.92. The molecule has 0 fully saturated rings. The minimum absolute atomic E-state index is 0.0872. The van der Waals surface area contributed by atoms with Crippen molar-refractivity contribution in [3.8, 4) is 0 Å². The normalized spacial score (nSPS) is 11.2. The zero-order chi connectivity index (χ0) is 25.9. The molecule has 0 heterocycles. The van der Waals surface area contributed by atoms with E-state index in [1.807, 2.05) is 70.2 Å². The second-order valence-electron chi connectivity index (χ2n) is 9.06. The SMILES string of the molecule is Cc1ccc(S(=O)(=O)N(Cc2ccccc2)c2ccccc2C(=O)Nc2c(C)cc(C)cc2C)cc1. The summed E-state index contributed by atoms with van der Waals surface area (Å²) in [5, 5.41) is 3.02. The van der Waals surface area contributed by atoms with Crippen LogP contribution in [0.15, 0.2) is 95.9 Å². The van der Waals surface area contributed by atoms with E-state index in [-0.39, 0.29) is 22.9 Å². The number of hydrogen-bond donors (Lipinski definition) is 1. The van der Waals surface area contributed by atoms with Crippen LogP contribution in [0, 0.1) is 27.7 Å². The van der Waals surface area contributed by atoms with Crippen LogP contribution in [0.4, 0.5) is 11.4 Å². The molecule has 0 saturated heterocycles. The third-order valence-corrected chi connectivity index (χ3v) is 7.88. The van der Waals surface area contributed by atoms with Gasteiger partial charge in [0.25, 0.3) is 15.9 Å². The second-order valence-corrected chi connectivity index (χ2v) is 10.9. The van der Waals surface area contributed by atoms with E-state index in [1.165, 1.54) is 4.31 Å². The lowest BCUT2D eigenvalue weighted by atomic mass is 10.0. The molecule has 4 aromatic rings. The minimum Gasteiger partial charge on any atom is -0.321 e. The van der Waals surface area contributed by atoms with E-state index in [0.717, 1.165) is 33.5 Å². The van der Waals surface area contributed by atoms with E-state index >= 15 is 0 Å². The molecule has 1 amide bonds. The second kappa shape index (κ2) is 10.4. The molecule has 4 rings (SSSR count). The summed E-state index contributed by atoms with van der Waals surface area (Å²) in [7, 11) is -3.97. The first-order valence-electron chi connectivity index (χ1n) is 11.8. The number of benzene rings is 4. The summed E-state index contributed by atoms with van der Waals surface area (Å²) in [6, 6.07) is 27.0. The summed E-state index contributed by atoms with van der Waals surface area (Å²) >= 11 is 0. The fourth-order valence-electron chi connectivity index (χ4n) is 4.33. The van der Waals surface area contributed by atoms with Crippen LogP contribution in [0.25, 0.3) is 0 Å². The van der Waals surface area contributed by atoms with Crippen molar-refractivity contribution in [2.45, 2.75) is 39.1 Å². The molecule has 36 heavy (non-hydrogen) atoms. The predicted molar refractivity (Wildman–Crippen MR) is 146 cm³/mol. The highest BCUT2D eigenvalue weighted by Gasteiger charge is 2.29. The highest BCUT2D eigenvalue weighted by atomic mass is 32.2. The van der Waals surface area contributed by atoms with Crippen LogP contribution >= 0.6 is 0 Å². The van der Waals surface area contributed by atoms with Gasteiger partial charge in [-0.15, -0.1) is 0 Å². The molecule has 0 saturated carbocycles. The first kappa shape index (κ1) is 25.2. The first-order valence-corrected chi connectivity index (χ1v) is 13.2. The molecule has 0 aromatic heterocycles. The molecule has 1 N–H and O–H groups in total. The predicted octanol–water partition coefficient (Wildman–Crippen LogP) is 6.57. The average Bonchev–Trinajstić information content (AvgIpc) is 2.85. The molecule has 184 valence electrons. The Balaban J connectivity index is 1.80. The quantitative estimate of drug-likeness (QED) is 0.313. The summed E-state index contributed by atoms with van der Waals surface area (Å²) in [5.41, 5.74) is 6.13. The van der Waals surface area contributed by atoms with Gasteiger partial charge in [-0.1, -0.05) is 77.9 Å². The molecule has 4 aromatic carbocycles. The van der Waals surface area contributed by atoms with Crippen molar-refractivity contribution in [2.24, 2.45) is 0 Å². The number of sulfonamides is 1. The van der Waals surface area contributed by atoms with Gasteiger partial charge in [0, 0.05) is 5.69 Å². The van der Waals surface area contributed by atoms with Crippen molar-refractivity contribution in [1.82, 2.24) is 0 Å². The molecule has 0 atom stereocenters. The number of anilines is 2. The molecule has 0 radical (unpaired) electrons. The number of nitrogens with one attached hydrogen (secondary N) is 1. The number of rotatable bonds is 7. The number of nitrogens with zero attached hydrogens (tertiary/aromatic N) is 1. The maximum atomic E-state index is 13.9. The monoisotopic (exact) mass is 498 g/mol. The number of amides is 1. The summed E-state index contributed by atoms with van der Waals surface area (Å²) in [4.78, 5) is 13.7. The minimum atomic E-state index is -3.97. The van der Waals surface area contributed by atoms with Crippen LogP contribution in [0.5, 0.6) is 0 Å². The van der Waals surface area contributed by atoms with Crippen LogP contribution < -0.4 is 9.62 Å². The van der Waals surface area contributed by atoms with Gasteiger partial charge in [-0.2, -0.15) is 0 Å². The van der Waals surface area contributed by atoms with Gasteiger partial charge in [0.2, 0.25) is 0 Å². The largest absolute Gasteiger partial charge is 0.321 e. The smallest absolute Gasteiger partial charge is 0.264 e. The lowest BCUT2D eigenvalue weighted by molar-refractivity contribution is 0.102. The fraction of sp³-hybridized carbons (Fsp3) is 0.167. The lowest BCUT2D eigenvalue weighted by Crippen LogP contribution is -2.32. The Labute approximate surface area is 213 Å². The summed E-state index contributed by atoms with van der Waals surface area (Å²) in [6.07, 6.45) is 0. The summed E-state index contributed by atoms with van der Waals surface area (Å²) in [5.74, 6) is -0.363. The summed E-state index contributed by atoms with van der Waals surface area (Å²) in [6.45, 7) is 7.91. The van der Waals surface area contributed by atoms with Crippen LogP contribution in [0.2, 0.25) is 0 Å². The number of carbonyl (C=O) groups is 1. The number of aryl methyl sites for hydroxylation is 4. The van der Waals surface area contributed by atoms with Gasteiger partial charge in [0.1, 0.15) is 0 Å². The van der Waals surface area contributed by atoms with E-state index in [1.54, 1.807) is 48.5 Å². The molecule has 0 aliphatic carbocycles. The van der Waals surface area contributed by atoms with Crippen molar-refractivity contribution in [2.75, 3.05) is 9.62 Å². The average molecular weight is 499 g/mol. The van der Waals surface area contributed by atoms with E-state index in [4.69, 9.17) is 0 Å². The van der Waals surface area contributed by atoms with Gasteiger partial charge in [-0.25, -0.2) is 8.42 Å². The van der Waals surface area contributed by atoms with Crippen LogP contribution in [0.3, 0.4) is 0 Å². The third-order valence-electron chi connectivity index (χ3n) is 6.11. The molecule has 0 spiro atoms. The van der Waals surface area contributed by atoms with E-state index < -0.39 is 10.0 Å². The molecular weight excluding hydrogens is 468 g/mol. The van der Waals surface area contributed by atoms with Crippen LogP contribution in [0.1, 0.15) is 38.2 Å². The van der Waals surface area contributed by atoms with Crippen molar-refractivity contribution in [3.05, 3.63) is 124 Å². The zero-order valence-electron chi connectivity index (χ0n) is 20.9. The van der Waals surface area contributed by atoms with Crippen molar-refractivity contribution >= 4 is 27.3 Å². The van der Waals surface area contributed by atoms with Crippen LogP contribution in [-0.2, 0) is 16.6 Å². The van der Waals surface area contributed by atoms with Crippen LogP contribution in [-0.4, -0.2) is 14.3 Å². The molecule has 0 aliphatic rings.